The van der Waals surface area contributed by atoms with E-state index in [2.05, 4.69) is 17.2 Å². The number of hydrogen-bond donors (Lipinski definition) is 2. The summed E-state index contributed by atoms with van der Waals surface area (Å²) in [5.41, 5.74) is 4.34. The molecule has 0 saturated carbocycles. The van der Waals surface area contributed by atoms with Crippen LogP contribution in [0.25, 0.3) is 0 Å². The molecular weight excluding hydrogens is 368 g/mol. The highest BCUT2D eigenvalue weighted by atomic mass is 16.1. The van der Waals surface area contributed by atoms with Crippen molar-refractivity contribution in [1.82, 2.24) is 0 Å². The molecule has 0 fully saturated rings. The molecule has 0 aliphatic carbocycles. The number of nitrogens with one attached hydrogen (secondary N) is 2. The topological polar surface area (TPSA) is 41.1 Å². The van der Waals surface area contributed by atoms with Gasteiger partial charge in [-0.1, -0.05) is 55.2 Å². The highest BCUT2D eigenvalue weighted by Crippen LogP contribution is 2.19. The zero-order valence-electron chi connectivity index (χ0n) is 17.5. The number of carbonyl (C=O) groups is 1. The molecule has 0 radical (unpaired) electrons. The number of ketones is 1. The Morgan fingerprint density at radius 1 is 0.733 bits per heavy atom. The fourth-order valence-corrected chi connectivity index (χ4v) is 2.60. The Bertz CT molecular complexity index is 970. The first-order valence-electron chi connectivity index (χ1n) is 9.83. The van der Waals surface area contributed by atoms with Crippen LogP contribution >= 0.6 is 0 Å². The summed E-state index contributed by atoms with van der Waals surface area (Å²) >= 11 is 0. The van der Waals surface area contributed by atoms with E-state index in [4.69, 9.17) is 0 Å². The predicted octanol–water partition coefficient (Wildman–Crippen LogP) is 7.01. The molecule has 0 spiro atoms. The van der Waals surface area contributed by atoms with E-state index < -0.39 is 0 Å². The van der Waals surface area contributed by atoms with Gasteiger partial charge in [-0.2, -0.15) is 0 Å². The lowest BCUT2D eigenvalue weighted by atomic mass is 10.0. The Labute approximate surface area is 179 Å². The lowest BCUT2D eigenvalue weighted by Crippen LogP contribution is -2.01. The minimum Gasteiger partial charge on any atom is -0.388 e. The minimum absolute atomic E-state index is 0.0268. The van der Waals surface area contributed by atoms with E-state index in [-0.39, 0.29) is 5.78 Å². The third-order valence-corrected chi connectivity index (χ3v) is 4.20. The summed E-state index contributed by atoms with van der Waals surface area (Å²) in [6.45, 7) is 5.49. The van der Waals surface area contributed by atoms with Crippen molar-refractivity contribution >= 4 is 22.8 Å². The van der Waals surface area contributed by atoms with Crippen LogP contribution in [0.1, 0.15) is 22.8 Å². The van der Waals surface area contributed by atoms with Crippen LogP contribution < -0.4 is 10.6 Å². The van der Waals surface area contributed by atoms with Crippen molar-refractivity contribution in [2.75, 3.05) is 17.7 Å². The fraction of sp³-hybridized carbons (Fsp3) is 0.0741. The molecule has 0 atom stereocenters. The average Bonchev–Trinajstić information content (AvgIpc) is 2.81. The van der Waals surface area contributed by atoms with E-state index in [0.29, 0.717) is 11.1 Å². The van der Waals surface area contributed by atoms with Crippen LogP contribution in [0.3, 0.4) is 0 Å². The zero-order valence-corrected chi connectivity index (χ0v) is 17.5. The predicted molar refractivity (Wildman–Crippen MR) is 130 cm³/mol. The summed E-state index contributed by atoms with van der Waals surface area (Å²) in [6, 6.07) is 25.0. The summed E-state index contributed by atoms with van der Waals surface area (Å²) in [6.07, 6.45) is 9.51. The van der Waals surface area contributed by atoms with Crippen LogP contribution in [-0.2, 0) is 0 Å². The third kappa shape index (κ3) is 7.28. The van der Waals surface area contributed by atoms with Crippen molar-refractivity contribution < 1.29 is 4.79 Å². The first kappa shape index (κ1) is 22.4. The van der Waals surface area contributed by atoms with Gasteiger partial charge in [-0.25, -0.2) is 0 Å². The number of carbonyl (C=O) groups excluding carboxylic acids is 1. The molecule has 0 saturated heterocycles. The lowest BCUT2D eigenvalue weighted by molar-refractivity contribution is 0.103. The molecule has 3 aromatic rings. The van der Waals surface area contributed by atoms with Crippen LogP contribution in [0.15, 0.2) is 116 Å². The molecule has 0 amide bonds. The third-order valence-electron chi connectivity index (χ3n) is 4.20. The molecule has 3 nitrogen and oxygen atoms in total. The minimum atomic E-state index is 0.0268. The highest BCUT2D eigenvalue weighted by Gasteiger charge is 2.08. The molecule has 0 unspecified atom stereocenters. The number of allylic oxidation sites excluding steroid dienone is 5. The quantitative estimate of drug-likeness (QED) is 0.333. The molecular formula is C27H28N2O. The molecule has 0 heterocycles. The van der Waals surface area contributed by atoms with Gasteiger partial charge >= 0.3 is 0 Å². The van der Waals surface area contributed by atoms with E-state index in [1.807, 2.05) is 117 Å². The number of para-hydroxylation sites is 1. The van der Waals surface area contributed by atoms with Crippen LogP contribution in [-0.4, -0.2) is 12.8 Å². The van der Waals surface area contributed by atoms with Crippen LogP contribution in [0.2, 0.25) is 0 Å². The Kier molecular flexibility index (Phi) is 9.41. The molecule has 0 bridgehead atoms. The first-order chi connectivity index (χ1) is 14.7. The van der Waals surface area contributed by atoms with E-state index in [9.17, 15) is 4.79 Å². The van der Waals surface area contributed by atoms with Crippen LogP contribution in [0.4, 0.5) is 17.1 Å². The maximum absolute atomic E-state index is 12.5. The Morgan fingerprint density at radius 3 is 1.77 bits per heavy atom. The van der Waals surface area contributed by atoms with Gasteiger partial charge in [0, 0.05) is 35.2 Å². The Morgan fingerprint density at radius 2 is 1.27 bits per heavy atom. The molecule has 2 N–H and O–H groups in total. The first-order valence-corrected chi connectivity index (χ1v) is 9.83. The van der Waals surface area contributed by atoms with Gasteiger partial charge in [0.05, 0.1) is 0 Å². The molecule has 30 heavy (non-hydrogen) atoms. The van der Waals surface area contributed by atoms with Crippen LogP contribution in [0.5, 0.6) is 0 Å². The van der Waals surface area contributed by atoms with E-state index >= 15 is 0 Å². The van der Waals surface area contributed by atoms with Crippen molar-refractivity contribution in [2.45, 2.75) is 6.92 Å². The van der Waals surface area contributed by atoms with Crippen LogP contribution in [0, 0.1) is 0 Å². The van der Waals surface area contributed by atoms with Gasteiger partial charge in [0.2, 0.25) is 0 Å². The molecule has 3 rings (SSSR count). The zero-order chi connectivity index (χ0) is 21.6. The normalized spacial score (nSPS) is 10.3. The second-order valence-corrected chi connectivity index (χ2v) is 6.37. The summed E-state index contributed by atoms with van der Waals surface area (Å²) in [7, 11) is 1.86. The van der Waals surface area contributed by atoms with Crippen molar-refractivity contribution in [3.05, 3.63) is 127 Å². The summed E-state index contributed by atoms with van der Waals surface area (Å²) < 4.78 is 0. The standard InChI is InChI=1S/C20H18N2O.C7H10/c1-21-17-11-7-15(8-12-17)20(23)16-9-13-19(14-10-16)22-18-5-3-2-4-6-18;1-3-5-7-6-4-2/h2-14,21-22H,1H3;3-7H,1H2,2H3/b;6-4-,7-5-. The van der Waals surface area contributed by atoms with E-state index in [1.54, 1.807) is 6.08 Å². The Hall–Kier alpha value is -3.85. The Balaban J connectivity index is 0.000000396. The maximum atomic E-state index is 12.5. The molecule has 3 heteroatoms. The number of hydrogen-bond acceptors (Lipinski definition) is 3. The molecule has 152 valence electrons. The average molecular weight is 397 g/mol. The van der Waals surface area contributed by atoms with Gasteiger partial charge in [0.1, 0.15) is 0 Å². The largest absolute Gasteiger partial charge is 0.388 e. The van der Waals surface area contributed by atoms with Crippen molar-refractivity contribution in [1.29, 1.82) is 0 Å². The number of anilines is 3. The summed E-state index contributed by atoms with van der Waals surface area (Å²) in [5.74, 6) is 0.0268. The van der Waals surface area contributed by atoms with Crippen molar-refractivity contribution in [2.24, 2.45) is 0 Å². The van der Waals surface area contributed by atoms with Crippen molar-refractivity contribution in [3.8, 4) is 0 Å². The number of benzene rings is 3. The molecule has 0 aliphatic heterocycles. The highest BCUT2D eigenvalue weighted by molar-refractivity contribution is 6.09. The number of rotatable bonds is 7. The van der Waals surface area contributed by atoms with Gasteiger partial charge in [0.15, 0.2) is 5.78 Å². The smallest absolute Gasteiger partial charge is 0.193 e. The van der Waals surface area contributed by atoms with Crippen molar-refractivity contribution in [3.63, 3.8) is 0 Å². The second-order valence-electron chi connectivity index (χ2n) is 6.37. The fourth-order valence-electron chi connectivity index (χ4n) is 2.60. The SMILES string of the molecule is C=C/C=C\C=C/C.CNc1ccc(C(=O)c2ccc(Nc3ccccc3)cc2)cc1. The van der Waals surface area contributed by atoms with Gasteiger partial charge in [0.25, 0.3) is 0 Å². The lowest BCUT2D eigenvalue weighted by Gasteiger charge is -2.07. The summed E-state index contributed by atoms with van der Waals surface area (Å²) in [4.78, 5) is 12.5. The van der Waals surface area contributed by atoms with Gasteiger partial charge < -0.3 is 10.6 Å². The van der Waals surface area contributed by atoms with Gasteiger partial charge in [-0.3, -0.25) is 4.79 Å². The van der Waals surface area contributed by atoms with E-state index in [0.717, 1.165) is 17.1 Å². The summed E-state index contributed by atoms with van der Waals surface area (Å²) in [5, 5.41) is 6.35. The second kappa shape index (κ2) is 12.6. The molecule has 0 aromatic heterocycles. The molecule has 3 aromatic carbocycles. The van der Waals surface area contributed by atoms with Gasteiger partial charge in [-0.05, 0) is 67.6 Å². The maximum Gasteiger partial charge on any atom is 0.193 e. The monoisotopic (exact) mass is 396 g/mol. The molecule has 0 aliphatic rings. The van der Waals surface area contributed by atoms with Gasteiger partial charge in [-0.15, -0.1) is 0 Å². The van der Waals surface area contributed by atoms with E-state index in [1.165, 1.54) is 0 Å².